The predicted octanol–water partition coefficient (Wildman–Crippen LogP) is 1.49. The van der Waals surface area contributed by atoms with E-state index in [1.165, 1.54) is 16.7 Å². The van der Waals surface area contributed by atoms with Crippen LogP contribution < -0.4 is 16.4 Å². The molecular formula is C26H37N5O5S. The number of hydrogen-bond donors (Lipinski definition) is 5. The molecule has 11 heteroatoms. The van der Waals surface area contributed by atoms with Gasteiger partial charge in [-0.05, 0) is 55.2 Å². The molecule has 4 unspecified atom stereocenters. The van der Waals surface area contributed by atoms with Crippen molar-refractivity contribution < 1.29 is 24.3 Å². The molecule has 0 saturated carbocycles. The van der Waals surface area contributed by atoms with Gasteiger partial charge in [-0.1, -0.05) is 32.0 Å². The molecule has 37 heavy (non-hydrogen) atoms. The highest BCUT2D eigenvalue weighted by Crippen LogP contribution is 2.21. The van der Waals surface area contributed by atoms with Crippen molar-refractivity contribution in [2.24, 2.45) is 11.7 Å². The van der Waals surface area contributed by atoms with Crippen LogP contribution >= 0.6 is 11.8 Å². The lowest BCUT2D eigenvalue weighted by molar-refractivity contribution is -0.149. The van der Waals surface area contributed by atoms with Crippen LogP contribution in [-0.4, -0.2) is 81.4 Å². The van der Waals surface area contributed by atoms with Crippen LogP contribution in [0.3, 0.4) is 0 Å². The summed E-state index contributed by atoms with van der Waals surface area (Å²) in [6.45, 7) is 3.94. The Kier molecular flexibility index (Phi) is 9.99. The Labute approximate surface area is 221 Å². The van der Waals surface area contributed by atoms with Gasteiger partial charge in [-0.25, -0.2) is 4.79 Å². The summed E-state index contributed by atoms with van der Waals surface area (Å²) in [6.07, 6.45) is 5.37. The van der Waals surface area contributed by atoms with Gasteiger partial charge >= 0.3 is 5.97 Å². The van der Waals surface area contributed by atoms with E-state index >= 15 is 0 Å². The molecule has 4 atom stereocenters. The number of carboxylic acids is 1. The van der Waals surface area contributed by atoms with E-state index in [0.717, 1.165) is 16.5 Å². The number of benzene rings is 1. The number of para-hydroxylation sites is 1. The standard InChI is InChI=1S/C26H37N5O5S/c1-15(2)22(30-23(32)18(27)13-16-14-28-19-8-5-4-7-17(16)19)24(33)29-20(10-12-37-3)25(34)31-11-6-9-21(31)26(35)36/h4-5,7-8,14-15,18,20-22,28H,6,9-13,27H2,1-3H3,(H,29,33)(H,30,32)(H,35,36). The molecule has 0 spiro atoms. The van der Waals surface area contributed by atoms with Crippen LogP contribution in [0, 0.1) is 5.92 Å². The maximum Gasteiger partial charge on any atom is 0.326 e. The lowest BCUT2D eigenvalue weighted by atomic mass is 10.0. The Bertz CT molecular complexity index is 1120. The lowest BCUT2D eigenvalue weighted by Crippen LogP contribution is -2.58. The normalized spacial score (nSPS) is 18.0. The predicted molar refractivity (Wildman–Crippen MR) is 144 cm³/mol. The molecule has 1 aliphatic heterocycles. The number of aromatic amines is 1. The molecule has 2 aromatic rings. The van der Waals surface area contributed by atoms with Gasteiger partial charge in [0.2, 0.25) is 17.7 Å². The van der Waals surface area contributed by atoms with Crippen LogP contribution in [0.2, 0.25) is 0 Å². The van der Waals surface area contributed by atoms with Gasteiger partial charge in [0.05, 0.1) is 6.04 Å². The third-order valence-corrected chi connectivity index (χ3v) is 7.39. The van der Waals surface area contributed by atoms with Crippen LogP contribution in [0.4, 0.5) is 0 Å². The molecule has 202 valence electrons. The fraction of sp³-hybridized carbons (Fsp3) is 0.538. The molecule has 0 radical (unpaired) electrons. The summed E-state index contributed by atoms with van der Waals surface area (Å²) in [4.78, 5) is 55.6. The first-order valence-electron chi connectivity index (χ1n) is 12.6. The fourth-order valence-corrected chi connectivity index (χ4v) is 5.14. The number of fused-ring (bicyclic) bond motifs is 1. The minimum atomic E-state index is -1.04. The maximum absolute atomic E-state index is 13.3. The Morgan fingerprint density at radius 1 is 1.19 bits per heavy atom. The molecule has 1 aromatic carbocycles. The first-order chi connectivity index (χ1) is 17.6. The molecule has 10 nitrogen and oxygen atoms in total. The first-order valence-corrected chi connectivity index (χ1v) is 14.0. The number of carboxylic acid groups (broad SMARTS) is 1. The van der Waals surface area contributed by atoms with E-state index in [2.05, 4.69) is 15.6 Å². The monoisotopic (exact) mass is 531 g/mol. The quantitative estimate of drug-likeness (QED) is 0.278. The number of rotatable bonds is 12. The van der Waals surface area contributed by atoms with Gasteiger partial charge < -0.3 is 31.4 Å². The average Bonchev–Trinajstić information content (AvgIpc) is 3.52. The number of amides is 3. The summed E-state index contributed by atoms with van der Waals surface area (Å²) in [6, 6.07) is 4.20. The number of aromatic nitrogens is 1. The number of H-pyrrole nitrogens is 1. The van der Waals surface area contributed by atoms with Crippen molar-refractivity contribution in [2.45, 2.75) is 63.7 Å². The minimum Gasteiger partial charge on any atom is -0.480 e. The summed E-state index contributed by atoms with van der Waals surface area (Å²) in [5, 5.41) is 16.0. The zero-order valence-electron chi connectivity index (χ0n) is 21.5. The van der Waals surface area contributed by atoms with E-state index in [-0.39, 0.29) is 5.92 Å². The third-order valence-electron chi connectivity index (χ3n) is 6.74. The zero-order valence-corrected chi connectivity index (χ0v) is 22.3. The summed E-state index contributed by atoms with van der Waals surface area (Å²) >= 11 is 1.53. The van der Waals surface area contributed by atoms with Crippen LogP contribution in [0.25, 0.3) is 10.9 Å². The molecule has 0 bridgehead atoms. The van der Waals surface area contributed by atoms with E-state index in [0.29, 0.717) is 38.0 Å². The lowest BCUT2D eigenvalue weighted by Gasteiger charge is -2.30. The topological polar surface area (TPSA) is 158 Å². The summed E-state index contributed by atoms with van der Waals surface area (Å²) < 4.78 is 0. The van der Waals surface area contributed by atoms with E-state index in [9.17, 15) is 24.3 Å². The van der Waals surface area contributed by atoms with Gasteiger partial charge in [0, 0.05) is 23.6 Å². The fourth-order valence-electron chi connectivity index (χ4n) is 4.67. The van der Waals surface area contributed by atoms with Crippen LogP contribution in [0.5, 0.6) is 0 Å². The molecule has 2 heterocycles. The van der Waals surface area contributed by atoms with Gasteiger partial charge in [0.15, 0.2) is 0 Å². The number of aliphatic carboxylic acids is 1. The molecule has 6 N–H and O–H groups in total. The Morgan fingerprint density at radius 2 is 1.92 bits per heavy atom. The second-order valence-corrected chi connectivity index (χ2v) is 10.8. The van der Waals surface area contributed by atoms with Gasteiger partial charge in [0.25, 0.3) is 0 Å². The van der Waals surface area contributed by atoms with Gasteiger partial charge in [-0.15, -0.1) is 0 Å². The van der Waals surface area contributed by atoms with Crippen molar-refractivity contribution >= 4 is 46.4 Å². The van der Waals surface area contributed by atoms with Crippen LogP contribution in [0.15, 0.2) is 30.5 Å². The minimum absolute atomic E-state index is 0.265. The number of nitrogens with two attached hydrogens (primary N) is 1. The molecule has 1 fully saturated rings. The Morgan fingerprint density at radius 3 is 2.59 bits per heavy atom. The van der Waals surface area contributed by atoms with Crippen molar-refractivity contribution in [2.75, 3.05) is 18.6 Å². The van der Waals surface area contributed by atoms with Gasteiger partial charge in [0.1, 0.15) is 18.1 Å². The molecule has 3 rings (SSSR count). The number of thioether (sulfide) groups is 1. The number of carbonyl (C=O) groups is 4. The Balaban J connectivity index is 1.68. The molecule has 3 amide bonds. The summed E-state index contributed by atoms with van der Waals surface area (Å²) in [7, 11) is 0. The number of hydrogen-bond acceptors (Lipinski definition) is 6. The van der Waals surface area contributed by atoms with Crippen LogP contribution in [0.1, 0.15) is 38.7 Å². The van der Waals surface area contributed by atoms with Crippen molar-refractivity contribution in [1.82, 2.24) is 20.5 Å². The maximum atomic E-state index is 13.3. The Hall–Kier alpha value is -3.05. The number of nitrogens with zero attached hydrogens (tertiary/aromatic N) is 1. The van der Waals surface area contributed by atoms with E-state index in [4.69, 9.17) is 5.73 Å². The highest BCUT2D eigenvalue weighted by atomic mass is 32.2. The van der Waals surface area contributed by atoms with Crippen LogP contribution in [-0.2, 0) is 25.6 Å². The molecule has 0 aliphatic carbocycles. The molecule has 1 aromatic heterocycles. The molecule has 1 aliphatic rings. The smallest absolute Gasteiger partial charge is 0.326 e. The third kappa shape index (κ3) is 7.04. The van der Waals surface area contributed by atoms with E-state index in [1.807, 2.05) is 36.7 Å². The van der Waals surface area contributed by atoms with Crippen molar-refractivity contribution in [3.63, 3.8) is 0 Å². The van der Waals surface area contributed by atoms with Crippen molar-refractivity contribution in [1.29, 1.82) is 0 Å². The largest absolute Gasteiger partial charge is 0.480 e. The summed E-state index contributed by atoms with van der Waals surface area (Å²) in [5.74, 6) is -2.06. The van der Waals surface area contributed by atoms with Crippen molar-refractivity contribution in [3.05, 3.63) is 36.0 Å². The highest BCUT2D eigenvalue weighted by molar-refractivity contribution is 7.98. The molecular weight excluding hydrogens is 494 g/mol. The van der Waals surface area contributed by atoms with E-state index < -0.39 is 47.9 Å². The highest BCUT2D eigenvalue weighted by Gasteiger charge is 2.38. The van der Waals surface area contributed by atoms with E-state index in [1.54, 1.807) is 13.8 Å². The zero-order chi connectivity index (χ0) is 27.1. The number of likely N-dealkylation sites (tertiary alicyclic amines) is 1. The number of nitrogens with one attached hydrogen (secondary N) is 3. The second kappa shape index (κ2) is 13.0. The van der Waals surface area contributed by atoms with Gasteiger partial charge in [-0.2, -0.15) is 11.8 Å². The first kappa shape index (κ1) is 28.5. The number of carbonyl (C=O) groups excluding carboxylic acids is 3. The summed E-state index contributed by atoms with van der Waals surface area (Å²) in [5.41, 5.74) is 8.07. The second-order valence-electron chi connectivity index (χ2n) is 9.77. The van der Waals surface area contributed by atoms with Crippen molar-refractivity contribution in [3.8, 4) is 0 Å². The average molecular weight is 532 g/mol. The SMILES string of the molecule is CSCCC(NC(=O)C(NC(=O)C(N)Cc1c[nH]c2ccccc12)C(C)C)C(=O)N1CCCC1C(=O)O. The molecule has 1 saturated heterocycles. The van der Waals surface area contributed by atoms with Gasteiger partial charge in [-0.3, -0.25) is 14.4 Å².